The van der Waals surface area contributed by atoms with Crippen molar-refractivity contribution in [3.63, 3.8) is 0 Å². The minimum absolute atomic E-state index is 0.224. The lowest BCUT2D eigenvalue weighted by Gasteiger charge is -2.32. The Bertz CT molecular complexity index is 1440. The molecule has 1 amide bonds. The maximum Gasteiger partial charge on any atom is 0.408 e. The fourth-order valence-corrected chi connectivity index (χ4v) is 5.43. The standard InChI is InChI=1S/C27H29NO6S/c1-15-10-11-17(16(2)14-35(31,32)33)19-12-13-20-18-8-6-7-9-21(18)24(25(29)23(20)22(15)19)28-26(30)34-27(3,4)5/h6,8,10-13,24H,2,7,9,14H2,1,3-5H3,(H,28,30)(H,31,32,33). The van der Waals surface area contributed by atoms with Crippen molar-refractivity contribution in [3.05, 3.63) is 70.8 Å². The number of ether oxygens (including phenoxy) is 1. The molecule has 7 nitrogen and oxygen atoms in total. The SMILES string of the molecule is C=C(CS(=O)(=O)O)c1ccc(C)c2c3c(ccc12)C1=C(CCC=C1)C(NC(=O)OC(C)(C)C)C3=O. The van der Waals surface area contributed by atoms with Gasteiger partial charge in [-0.2, -0.15) is 8.42 Å². The van der Waals surface area contributed by atoms with E-state index in [9.17, 15) is 22.6 Å². The van der Waals surface area contributed by atoms with Crippen molar-refractivity contribution < 1.29 is 27.3 Å². The van der Waals surface area contributed by atoms with Crippen LogP contribution in [-0.4, -0.2) is 42.2 Å². The van der Waals surface area contributed by atoms with E-state index < -0.39 is 33.6 Å². The van der Waals surface area contributed by atoms with Gasteiger partial charge >= 0.3 is 6.09 Å². The third-order valence-electron chi connectivity index (χ3n) is 6.15. The summed E-state index contributed by atoms with van der Waals surface area (Å²) in [6, 6.07) is 6.39. The van der Waals surface area contributed by atoms with E-state index in [0.717, 1.165) is 28.7 Å². The molecule has 2 aliphatic carbocycles. The van der Waals surface area contributed by atoms with E-state index >= 15 is 0 Å². The van der Waals surface area contributed by atoms with Gasteiger partial charge in [0.1, 0.15) is 17.4 Å². The summed E-state index contributed by atoms with van der Waals surface area (Å²) in [7, 11) is -4.28. The second-order valence-corrected chi connectivity index (χ2v) is 11.4. The van der Waals surface area contributed by atoms with Crippen molar-refractivity contribution in [2.45, 2.75) is 52.2 Å². The predicted molar refractivity (Wildman–Crippen MR) is 137 cm³/mol. The zero-order valence-corrected chi connectivity index (χ0v) is 21.1. The number of carbonyl (C=O) groups excluding carboxylic acids is 2. The lowest BCUT2D eigenvalue weighted by Crippen LogP contribution is -2.46. The molecular weight excluding hydrogens is 466 g/mol. The molecule has 0 aliphatic heterocycles. The first kappa shape index (κ1) is 24.9. The molecule has 0 spiro atoms. The maximum absolute atomic E-state index is 14.0. The Kier molecular flexibility index (Phi) is 6.23. The van der Waals surface area contributed by atoms with Gasteiger partial charge in [-0.25, -0.2) is 4.79 Å². The number of rotatable bonds is 4. The minimum Gasteiger partial charge on any atom is -0.444 e. The third kappa shape index (κ3) is 4.94. The monoisotopic (exact) mass is 495 g/mol. The number of hydrogen-bond acceptors (Lipinski definition) is 5. The van der Waals surface area contributed by atoms with Crippen molar-refractivity contribution in [2.75, 3.05) is 5.75 Å². The van der Waals surface area contributed by atoms with Crippen LogP contribution in [0.3, 0.4) is 0 Å². The summed E-state index contributed by atoms with van der Waals surface area (Å²) in [6.07, 6.45) is 4.76. The molecule has 4 rings (SSSR count). The van der Waals surface area contributed by atoms with Crippen LogP contribution in [0.4, 0.5) is 4.79 Å². The van der Waals surface area contributed by atoms with Crippen LogP contribution in [0, 0.1) is 6.92 Å². The first-order chi connectivity index (χ1) is 16.3. The van der Waals surface area contributed by atoms with E-state index in [0.29, 0.717) is 28.3 Å². The first-order valence-electron chi connectivity index (χ1n) is 11.4. The second kappa shape index (κ2) is 8.77. The first-order valence-corrected chi connectivity index (χ1v) is 13.0. The second-order valence-electron chi connectivity index (χ2n) is 9.99. The van der Waals surface area contributed by atoms with Crippen LogP contribution in [0.5, 0.6) is 0 Å². The Morgan fingerprint density at radius 2 is 1.94 bits per heavy atom. The van der Waals surface area contributed by atoms with Crippen molar-refractivity contribution >= 4 is 43.9 Å². The molecule has 0 aromatic heterocycles. The average Bonchev–Trinajstić information content (AvgIpc) is 2.73. The molecule has 0 bridgehead atoms. The summed E-state index contributed by atoms with van der Waals surface area (Å²) in [5, 5.41) is 4.11. The highest BCUT2D eigenvalue weighted by atomic mass is 32.2. The Labute approximate surface area is 205 Å². The van der Waals surface area contributed by atoms with E-state index in [1.807, 2.05) is 31.2 Å². The van der Waals surface area contributed by atoms with Crippen LogP contribution in [0.25, 0.3) is 21.9 Å². The van der Waals surface area contributed by atoms with Gasteiger partial charge < -0.3 is 10.1 Å². The molecular formula is C27H29NO6S. The predicted octanol–water partition coefficient (Wildman–Crippen LogP) is 5.24. The summed E-state index contributed by atoms with van der Waals surface area (Å²) < 4.78 is 37.7. The molecule has 0 saturated carbocycles. The number of nitrogens with one attached hydrogen (secondary N) is 1. The van der Waals surface area contributed by atoms with Gasteiger partial charge in [0.05, 0.1) is 0 Å². The molecule has 184 valence electrons. The quantitative estimate of drug-likeness (QED) is 0.561. The molecule has 1 atom stereocenters. The van der Waals surface area contributed by atoms with E-state index in [-0.39, 0.29) is 11.4 Å². The zero-order valence-electron chi connectivity index (χ0n) is 20.3. The Morgan fingerprint density at radius 1 is 1.23 bits per heavy atom. The topological polar surface area (TPSA) is 110 Å². The molecule has 0 fully saturated rings. The van der Waals surface area contributed by atoms with Crippen molar-refractivity contribution in [1.82, 2.24) is 5.32 Å². The van der Waals surface area contributed by atoms with E-state index in [1.165, 1.54) is 0 Å². The Hall–Kier alpha value is -3.23. The zero-order chi connectivity index (χ0) is 25.7. The van der Waals surface area contributed by atoms with Crippen LogP contribution < -0.4 is 5.32 Å². The summed E-state index contributed by atoms with van der Waals surface area (Å²) in [5.41, 5.74) is 3.86. The molecule has 8 heteroatoms. The number of aryl methyl sites for hydroxylation is 1. The van der Waals surface area contributed by atoms with Gasteiger partial charge in [0.15, 0.2) is 5.78 Å². The molecule has 1 unspecified atom stereocenters. The van der Waals surface area contributed by atoms with Crippen molar-refractivity contribution in [3.8, 4) is 0 Å². The molecule has 2 aromatic rings. The van der Waals surface area contributed by atoms with Gasteiger partial charge in [-0.15, -0.1) is 0 Å². The Balaban J connectivity index is 1.91. The van der Waals surface area contributed by atoms with Gasteiger partial charge in [-0.3, -0.25) is 9.35 Å². The van der Waals surface area contributed by atoms with Gasteiger partial charge in [-0.05, 0) is 84.7 Å². The van der Waals surface area contributed by atoms with Crippen molar-refractivity contribution in [2.24, 2.45) is 0 Å². The third-order valence-corrected chi connectivity index (χ3v) is 6.86. The molecule has 0 radical (unpaired) electrons. The lowest BCUT2D eigenvalue weighted by molar-refractivity contribution is 0.0500. The van der Waals surface area contributed by atoms with E-state index in [1.54, 1.807) is 32.9 Å². The van der Waals surface area contributed by atoms with Gasteiger partial charge in [-0.1, -0.05) is 43.0 Å². The van der Waals surface area contributed by atoms with Crippen molar-refractivity contribution in [1.29, 1.82) is 0 Å². The summed E-state index contributed by atoms with van der Waals surface area (Å²) >= 11 is 0. The number of ketones is 1. The minimum atomic E-state index is -4.28. The lowest BCUT2D eigenvalue weighted by atomic mass is 9.75. The number of allylic oxidation sites excluding steroid dienone is 3. The molecule has 2 aromatic carbocycles. The molecule has 2 N–H and O–H groups in total. The van der Waals surface area contributed by atoms with Crippen LogP contribution in [0.1, 0.15) is 60.7 Å². The summed E-state index contributed by atoms with van der Waals surface area (Å²) in [6.45, 7) is 11.0. The van der Waals surface area contributed by atoms with Crippen LogP contribution in [-0.2, 0) is 14.9 Å². The van der Waals surface area contributed by atoms with E-state index in [4.69, 9.17) is 4.74 Å². The molecule has 35 heavy (non-hydrogen) atoms. The fourth-order valence-electron chi connectivity index (χ4n) is 4.83. The molecule has 2 aliphatic rings. The number of fused-ring (bicyclic) bond motifs is 4. The fraction of sp³-hybridized carbons (Fsp3) is 0.333. The smallest absolute Gasteiger partial charge is 0.408 e. The maximum atomic E-state index is 14.0. The summed E-state index contributed by atoms with van der Waals surface area (Å²) in [5.74, 6) is -0.858. The molecule has 0 saturated heterocycles. The number of Topliss-reactive ketones (excluding diaryl/α,β-unsaturated/α-hetero) is 1. The number of benzene rings is 2. The highest BCUT2D eigenvalue weighted by molar-refractivity contribution is 7.86. The highest BCUT2D eigenvalue weighted by Crippen LogP contribution is 2.42. The van der Waals surface area contributed by atoms with Crippen LogP contribution in [0.2, 0.25) is 0 Å². The number of alkyl carbamates (subject to hydrolysis) is 1. The van der Waals surface area contributed by atoms with Crippen LogP contribution >= 0.6 is 0 Å². The average molecular weight is 496 g/mol. The summed E-state index contributed by atoms with van der Waals surface area (Å²) in [4.78, 5) is 26.6. The normalized spacial score (nSPS) is 17.7. The van der Waals surface area contributed by atoms with Gasteiger partial charge in [0.25, 0.3) is 10.1 Å². The molecule has 0 heterocycles. The van der Waals surface area contributed by atoms with Gasteiger partial charge in [0, 0.05) is 5.56 Å². The number of amides is 1. The van der Waals surface area contributed by atoms with Gasteiger partial charge in [0.2, 0.25) is 0 Å². The Morgan fingerprint density at radius 3 is 2.60 bits per heavy atom. The van der Waals surface area contributed by atoms with Crippen LogP contribution in [0.15, 0.2) is 48.6 Å². The largest absolute Gasteiger partial charge is 0.444 e. The van der Waals surface area contributed by atoms with E-state index in [2.05, 4.69) is 11.9 Å². The number of carbonyl (C=O) groups is 2. The number of hydrogen-bond donors (Lipinski definition) is 2. The highest BCUT2D eigenvalue weighted by Gasteiger charge is 2.37.